The standard InChI is InChI=1S/C12H19N3O3S2.ClH/c1-9(16)14-8-11-4-5-12(19-11)20(17,18)15-10-3-2-6-13-7-10;/h4-5,10,13,15H,2-3,6-8H2,1H3,(H,14,16);1H. The average molecular weight is 354 g/mol. The van der Waals surface area contributed by atoms with Crippen molar-refractivity contribution in [1.82, 2.24) is 15.4 Å². The summed E-state index contributed by atoms with van der Waals surface area (Å²) >= 11 is 1.18. The molecular formula is C12H20ClN3O3S2. The number of halogens is 1. The zero-order valence-corrected chi connectivity index (χ0v) is 14.2. The highest BCUT2D eigenvalue weighted by atomic mass is 35.5. The second-order valence-electron chi connectivity index (χ2n) is 4.80. The van der Waals surface area contributed by atoms with Crippen molar-refractivity contribution >= 4 is 39.7 Å². The number of thiophene rings is 1. The molecule has 1 amide bonds. The van der Waals surface area contributed by atoms with Crippen LogP contribution in [0, 0.1) is 0 Å². The molecule has 1 aliphatic heterocycles. The van der Waals surface area contributed by atoms with Crippen LogP contribution in [-0.4, -0.2) is 33.5 Å². The van der Waals surface area contributed by atoms with Crippen molar-refractivity contribution in [2.45, 2.75) is 36.6 Å². The van der Waals surface area contributed by atoms with E-state index in [9.17, 15) is 13.2 Å². The van der Waals surface area contributed by atoms with Crippen molar-refractivity contribution in [3.63, 3.8) is 0 Å². The predicted octanol–water partition coefficient (Wildman–Crippen LogP) is 0.836. The van der Waals surface area contributed by atoms with E-state index in [4.69, 9.17) is 0 Å². The fourth-order valence-electron chi connectivity index (χ4n) is 2.04. The monoisotopic (exact) mass is 353 g/mol. The summed E-state index contributed by atoms with van der Waals surface area (Å²) in [6.07, 6.45) is 1.84. The Morgan fingerprint density at radius 2 is 2.24 bits per heavy atom. The Kier molecular flexibility index (Phi) is 7.08. The van der Waals surface area contributed by atoms with Crippen molar-refractivity contribution in [3.8, 4) is 0 Å². The zero-order chi connectivity index (χ0) is 14.6. The molecule has 1 fully saturated rings. The van der Waals surface area contributed by atoms with Crippen molar-refractivity contribution in [2.24, 2.45) is 0 Å². The van der Waals surface area contributed by atoms with Gasteiger partial charge in [-0.3, -0.25) is 4.79 Å². The van der Waals surface area contributed by atoms with E-state index >= 15 is 0 Å². The van der Waals surface area contributed by atoms with Crippen molar-refractivity contribution < 1.29 is 13.2 Å². The van der Waals surface area contributed by atoms with Crippen LogP contribution in [0.3, 0.4) is 0 Å². The second kappa shape index (κ2) is 8.09. The molecule has 1 atom stereocenters. The van der Waals surface area contributed by atoms with Crippen LogP contribution in [0.2, 0.25) is 0 Å². The van der Waals surface area contributed by atoms with Crippen LogP contribution in [-0.2, 0) is 21.4 Å². The molecule has 6 nitrogen and oxygen atoms in total. The molecule has 0 spiro atoms. The van der Waals surface area contributed by atoms with E-state index in [1.54, 1.807) is 12.1 Å². The van der Waals surface area contributed by atoms with Crippen LogP contribution in [0.5, 0.6) is 0 Å². The third kappa shape index (κ3) is 5.55. The van der Waals surface area contributed by atoms with Gasteiger partial charge in [-0.2, -0.15) is 0 Å². The Hall–Kier alpha value is -0.670. The minimum atomic E-state index is -3.46. The molecule has 120 valence electrons. The van der Waals surface area contributed by atoms with Crippen LogP contribution in [0.4, 0.5) is 0 Å². The maximum Gasteiger partial charge on any atom is 0.250 e. The van der Waals surface area contributed by atoms with Crippen molar-refractivity contribution in [2.75, 3.05) is 13.1 Å². The molecule has 1 aromatic rings. The third-order valence-corrected chi connectivity index (χ3v) is 6.13. The van der Waals surface area contributed by atoms with E-state index in [-0.39, 0.29) is 24.4 Å². The van der Waals surface area contributed by atoms with Gasteiger partial charge in [0.2, 0.25) is 15.9 Å². The van der Waals surface area contributed by atoms with E-state index < -0.39 is 10.0 Å². The van der Waals surface area contributed by atoms with Gasteiger partial charge in [-0.05, 0) is 31.5 Å². The molecular weight excluding hydrogens is 334 g/mol. The normalized spacial score (nSPS) is 18.8. The third-order valence-electron chi connectivity index (χ3n) is 3.03. The van der Waals surface area contributed by atoms with Gasteiger partial charge >= 0.3 is 0 Å². The van der Waals surface area contributed by atoms with Gasteiger partial charge in [-0.1, -0.05) is 0 Å². The first-order chi connectivity index (χ1) is 9.47. The maximum atomic E-state index is 12.2. The van der Waals surface area contributed by atoms with Crippen LogP contribution in [0.1, 0.15) is 24.6 Å². The number of nitrogens with one attached hydrogen (secondary N) is 3. The molecule has 1 saturated heterocycles. The van der Waals surface area contributed by atoms with Crippen molar-refractivity contribution in [3.05, 3.63) is 17.0 Å². The minimum absolute atomic E-state index is 0. The second-order valence-corrected chi connectivity index (χ2v) is 7.90. The van der Waals surface area contributed by atoms with E-state index in [0.717, 1.165) is 24.3 Å². The lowest BCUT2D eigenvalue weighted by Gasteiger charge is -2.23. The highest BCUT2D eigenvalue weighted by molar-refractivity contribution is 7.91. The highest BCUT2D eigenvalue weighted by Gasteiger charge is 2.23. The Bertz CT molecular complexity index is 568. The molecule has 1 unspecified atom stereocenters. The summed E-state index contributed by atoms with van der Waals surface area (Å²) in [5, 5.41) is 5.83. The van der Waals surface area contributed by atoms with Gasteiger partial charge in [0.25, 0.3) is 0 Å². The Morgan fingerprint density at radius 3 is 2.86 bits per heavy atom. The summed E-state index contributed by atoms with van der Waals surface area (Å²) in [4.78, 5) is 11.7. The fourth-order valence-corrected chi connectivity index (χ4v) is 4.62. The molecule has 9 heteroatoms. The fraction of sp³-hybridized carbons (Fsp3) is 0.583. The molecule has 1 aromatic heterocycles. The highest BCUT2D eigenvalue weighted by Crippen LogP contribution is 2.22. The van der Waals surface area contributed by atoms with Gasteiger partial charge in [0.1, 0.15) is 4.21 Å². The lowest BCUT2D eigenvalue weighted by Crippen LogP contribution is -2.45. The van der Waals surface area contributed by atoms with Crippen LogP contribution < -0.4 is 15.4 Å². The molecule has 0 radical (unpaired) electrons. The largest absolute Gasteiger partial charge is 0.351 e. The number of hydrogen-bond acceptors (Lipinski definition) is 5. The van der Waals surface area contributed by atoms with Gasteiger partial charge in [0.15, 0.2) is 0 Å². The molecule has 2 rings (SSSR count). The molecule has 2 heterocycles. The average Bonchev–Trinajstić information content (AvgIpc) is 2.86. The SMILES string of the molecule is CC(=O)NCc1ccc(S(=O)(=O)NC2CCCNC2)s1.Cl. The quantitative estimate of drug-likeness (QED) is 0.732. The Labute approximate surface area is 135 Å². The minimum Gasteiger partial charge on any atom is -0.351 e. The van der Waals surface area contributed by atoms with E-state index in [2.05, 4.69) is 15.4 Å². The number of rotatable bonds is 5. The van der Waals surface area contributed by atoms with Gasteiger partial charge in [-0.15, -0.1) is 23.7 Å². The van der Waals surface area contributed by atoms with E-state index in [0.29, 0.717) is 17.3 Å². The number of amides is 1. The van der Waals surface area contributed by atoms with Crippen LogP contribution in [0.15, 0.2) is 16.3 Å². The number of hydrogen-bond donors (Lipinski definition) is 3. The summed E-state index contributed by atoms with van der Waals surface area (Å²) in [7, 11) is -3.46. The summed E-state index contributed by atoms with van der Waals surface area (Å²) in [5.74, 6) is -0.130. The molecule has 1 aliphatic rings. The summed E-state index contributed by atoms with van der Waals surface area (Å²) < 4.78 is 27.5. The lowest BCUT2D eigenvalue weighted by molar-refractivity contribution is -0.119. The first kappa shape index (κ1) is 18.4. The molecule has 0 bridgehead atoms. The summed E-state index contributed by atoms with van der Waals surface area (Å²) in [5.41, 5.74) is 0. The smallest absolute Gasteiger partial charge is 0.250 e. The molecule has 3 N–H and O–H groups in total. The number of sulfonamides is 1. The predicted molar refractivity (Wildman–Crippen MR) is 85.3 cm³/mol. The van der Waals surface area contributed by atoms with Gasteiger partial charge in [-0.25, -0.2) is 13.1 Å². The summed E-state index contributed by atoms with van der Waals surface area (Å²) in [6.45, 7) is 3.41. The van der Waals surface area contributed by atoms with E-state index in [1.807, 2.05) is 0 Å². The topological polar surface area (TPSA) is 87.3 Å². The molecule has 0 saturated carbocycles. The number of carbonyl (C=O) groups excluding carboxylic acids is 1. The Balaban J connectivity index is 0.00000220. The van der Waals surface area contributed by atoms with E-state index in [1.165, 1.54) is 18.3 Å². The first-order valence-electron chi connectivity index (χ1n) is 6.53. The summed E-state index contributed by atoms with van der Waals surface area (Å²) in [6, 6.07) is 3.27. The lowest BCUT2D eigenvalue weighted by atomic mass is 10.1. The van der Waals surface area contributed by atoms with Gasteiger partial charge in [0, 0.05) is 24.4 Å². The van der Waals surface area contributed by atoms with Crippen molar-refractivity contribution in [1.29, 1.82) is 0 Å². The Morgan fingerprint density at radius 1 is 1.48 bits per heavy atom. The van der Waals surface area contributed by atoms with Crippen LogP contribution in [0.25, 0.3) is 0 Å². The molecule has 0 aromatic carbocycles. The van der Waals surface area contributed by atoms with Gasteiger partial charge < -0.3 is 10.6 Å². The first-order valence-corrected chi connectivity index (χ1v) is 8.83. The zero-order valence-electron chi connectivity index (χ0n) is 11.7. The van der Waals surface area contributed by atoms with Gasteiger partial charge in [0.05, 0.1) is 6.54 Å². The number of piperidine rings is 1. The molecule has 0 aliphatic carbocycles. The number of carbonyl (C=O) groups is 1. The van der Waals surface area contributed by atoms with Crippen LogP contribution >= 0.6 is 23.7 Å². The molecule has 21 heavy (non-hydrogen) atoms. The maximum absolute atomic E-state index is 12.2.